The van der Waals surface area contributed by atoms with E-state index in [1.165, 1.54) is 10.9 Å². The van der Waals surface area contributed by atoms with Crippen LogP contribution in [-0.2, 0) is 0 Å². The predicted octanol–water partition coefficient (Wildman–Crippen LogP) is 4.13. The standard InChI is InChI=1S/C13H10Cl2N2OS/c1-8-2-4-10(19-8)7-16-17-13(18)11-6-9(14)3-5-12(11)15/h2-7H,1H3,(H,17,18)/b16-7-. The van der Waals surface area contributed by atoms with Crippen molar-refractivity contribution in [3.8, 4) is 0 Å². The van der Waals surface area contributed by atoms with E-state index in [4.69, 9.17) is 23.2 Å². The minimum absolute atomic E-state index is 0.300. The SMILES string of the molecule is Cc1ccc(/C=N\NC(=O)c2cc(Cl)ccc2Cl)s1. The Morgan fingerprint density at radius 2 is 2.11 bits per heavy atom. The van der Waals surface area contributed by atoms with Crippen molar-refractivity contribution in [3.63, 3.8) is 0 Å². The summed E-state index contributed by atoms with van der Waals surface area (Å²) < 4.78 is 0. The van der Waals surface area contributed by atoms with Gasteiger partial charge in [-0.2, -0.15) is 5.10 Å². The number of carbonyl (C=O) groups is 1. The lowest BCUT2D eigenvalue weighted by atomic mass is 10.2. The van der Waals surface area contributed by atoms with Gasteiger partial charge >= 0.3 is 0 Å². The van der Waals surface area contributed by atoms with Crippen molar-refractivity contribution in [2.24, 2.45) is 5.10 Å². The smallest absolute Gasteiger partial charge is 0.267 e. The van der Waals surface area contributed by atoms with Crippen LogP contribution in [0.2, 0.25) is 10.0 Å². The summed E-state index contributed by atoms with van der Waals surface area (Å²) in [6.07, 6.45) is 1.59. The fourth-order valence-corrected chi connectivity index (χ4v) is 2.53. The molecule has 3 nitrogen and oxygen atoms in total. The van der Waals surface area contributed by atoms with Crippen LogP contribution in [-0.4, -0.2) is 12.1 Å². The lowest BCUT2D eigenvalue weighted by Crippen LogP contribution is -2.17. The molecule has 0 atom stereocenters. The highest BCUT2D eigenvalue weighted by Gasteiger charge is 2.09. The second-order valence-electron chi connectivity index (χ2n) is 3.77. The first-order valence-electron chi connectivity index (χ1n) is 5.41. The summed E-state index contributed by atoms with van der Waals surface area (Å²) in [5.41, 5.74) is 2.72. The van der Waals surface area contributed by atoms with Crippen LogP contribution in [0.5, 0.6) is 0 Å². The summed E-state index contributed by atoms with van der Waals surface area (Å²) in [5.74, 6) is -0.392. The van der Waals surface area contributed by atoms with Gasteiger partial charge in [-0.3, -0.25) is 4.79 Å². The first kappa shape index (κ1) is 14.1. The molecular formula is C13H10Cl2N2OS. The monoisotopic (exact) mass is 312 g/mol. The number of rotatable bonds is 3. The molecule has 0 radical (unpaired) electrons. The minimum Gasteiger partial charge on any atom is -0.267 e. The average molecular weight is 313 g/mol. The Morgan fingerprint density at radius 1 is 1.32 bits per heavy atom. The molecule has 0 saturated heterocycles. The van der Waals surface area contributed by atoms with Crippen molar-refractivity contribution in [2.45, 2.75) is 6.92 Å². The second kappa shape index (κ2) is 6.19. The Bertz CT molecular complexity index is 637. The number of hydrogen-bond acceptors (Lipinski definition) is 3. The van der Waals surface area contributed by atoms with Gasteiger partial charge in [0.1, 0.15) is 0 Å². The Labute approximate surface area is 124 Å². The lowest BCUT2D eigenvalue weighted by molar-refractivity contribution is 0.0955. The van der Waals surface area contributed by atoms with E-state index in [9.17, 15) is 4.79 Å². The van der Waals surface area contributed by atoms with E-state index in [1.807, 2.05) is 19.1 Å². The third-order valence-corrected chi connectivity index (χ3v) is 3.79. The van der Waals surface area contributed by atoms with Gasteiger partial charge in [0.15, 0.2) is 0 Å². The molecule has 0 fully saturated rings. The zero-order chi connectivity index (χ0) is 13.8. The molecule has 2 aromatic rings. The van der Waals surface area contributed by atoms with E-state index in [0.29, 0.717) is 15.6 Å². The van der Waals surface area contributed by atoms with Gasteiger partial charge < -0.3 is 0 Å². The number of hydrazone groups is 1. The fraction of sp³-hybridized carbons (Fsp3) is 0.0769. The number of amides is 1. The molecule has 1 N–H and O–H groups in total. The van der Waals surface area contributed by atoms with Gasteiger partial charge in [-0.25, -0.2) is 5.43 Å². The normalized spacial score (nSPS) is 10.9. The molecule has 98 valence electrons. The molecule has 1 aromatic heterocycles. The van der Waals surface area contributed by atoms with E-state index < -0.39 is 5.91 Å². The summed E-state index contributed by atoms with van der Waals surface area (Å²) in [4.78, 5) is 14.0. The maximum atomic E-state index is 11.8. The third kappa shape index (κ3) is 3.80. The number of thiophene rings is 1. The Hall–Kier alpha value is -1.36. The maximum Gasteiger partial charge on any atom is 0.272 e. The summed E-state index contributed by atoms with van der Waals surface area (Å²) >= 11 is 13.3. The number of hydrogen-bond donors (Lipinski definition) is 1. The van der Waals surface area contributed by atoms with E-state index in [2.05, 4.69) is 10.5 Å². The van der Waals surface area contributed by atoms with Crippen LogP contribution in [0.25, 0.3) is 0 Å². The number of aryl methyl sites for hydroxylation is 1. The summed E-state index contributed by atoms with van der Waals surface area (Å²) in [5, 5.41) is 4.67. The molecule has 2 rings (SSSR count). The number of carbonyl (C=O) groups excluding carboxylic acids is 1. The van der Waals surface area contributed by atoms with Gasteiger partial charge in [-0.1, -0.05) is 23.2 Å². The van der Waals surface area contributed by atoms with Crippen molar-refractivity contribution in [3.05, 3.63) is 55.7 Å². The molecule has 0 aliphatic heterocycles. The number of halogens is 2. The summed E-state index contributed by atoms with van der Waals surface area (Å²) in [6.45, 7) is 2.01. The number of nitrogens with one attached hydrogen (secondary N) is 1. The van der Waals surface area contributed by atoms with Crippen LogP contribution in [0.1, 0.15) is 20.1 Å². The molecule has 0 aliphatic rings. The van der Waals surface area contributed by atoms with Gasteiger partial charge in [0, 0.05) is 14.8 Å². The van der Waals surface area contributed by atoms with E-state index in [-0.39, 0.29) is 0 Å². The van der Waals surface area contributed by atoms with Crippen LogP contribution in [0.15, 0.2) is 35.4 Å². The molecule has 0 aliphatic carbocycles. The number of nitrogens with zero attached hydrogens (tertiary/aromatic N) is 1. The van der Waals surface area contributed by atoms with Crippen molar-refractivity contribution in [1.82, 2.24) is 5.43 Å². The average Bonchev–Trinajstić information content (AvgIpc) is 2.78. The predicted molar refractivity (Wildman–Crippen MR) is 80.6 cm³/mol. The quantitative estimate of drug-likeness (QED) is 0.672. The van der Waals surface area contributed by atoms with E-state index in [0.717, 1.165) is 4.88 Å². The van der Waals surface area contributed by atoms with Crippen molar-refractivity contribution in [2.75, 3.05) is 0 Å². The second-order valence-corrected chi connectivity index (χ2v) is 5.93. The van der Waals surface area contributed by atoms with Crippen LogP contribution in [0.4, 0.5) is 0 Å². The first-order chi connectivity index (χ1) is 9.06. The molecule has 1 amide bonds. The van der Waals surface area contributed by atoms with Gasteiger partial charge in [0.05, 0.1) is 16.8 Å². The topological polar surface area (TPSA) is 41.5 Å². The van der Waals surface area contributed by atoms with Crippen LogP contribution in [0.3, 0.4) is 0 Å². The van der Waals surface area contributed by atoms with Crippen LogP contribution < -0.4 is 5.43 Å². The Morgan fingerprint density at radius 3 is 2.79 bits per heavy atom. The zero-order valence-corrected chi connectivity index (χ0v) is 12.3. The molecular weight excluding hydrogens is 303 g/mol. The third-order valence-electron chi connectivity index (χ3n) is 2.29. The van der Waals surface area contributed by atoms with Gasteiger partial charge in [0.2, 0.25) is 0 Å². The summed E-state index contributed by atoms with van der Waals surface area (Å²) in [7, 11) is 0. The maximum absolute atomic E-state index is 11.8. The molecule has 19 heavy (non-hydrogen) atoms. The van der Waals surface area contributed by atoms with Crippen LogP contribution in [0, 0.1) is 6.92 Å². The lowest BCUT2D eigenvalue weighted by Gasteiger charge is -2.02. The number of benzene rings is 1. The van der Waals surface area contributed by atoms with Gasteiger partial charge in [-0.05, 0) is 37.3 Å². The minimum atomic E-state index is -0.392. The van der Waals surface area contributed by atoms with Gasteiger partial charge in [0.25, 0.3) is 5.91 Å². The van der Waals surface area contributed by atoms with Crippen molar-refractivity contribution >= 4 is 46.7 Å². The first-order valence-corrected chi connectivity index (χ1v) is 6.98. The van der Waals surface area contributed by atoms with Gasteiger partial charge in [-0.15, -0.1) is 11.3 Å². The Kier molecular flexibility index (Phi) is 4.58. The largest absolute Gasteiger partial charge is 0.272 e. The summed E-state index contributed by atoms with van der Waals surface area (Å²) in [6, 6.07) is 8.62. The Balaban J connectivity index is 2.05. The fourth-order valence-electron chi connectivity index (χ4n) is 1.41. The van der Waals surface area contributed by atoms with E-state index >= 15 is 0 Å². The molecule has 1 heterocycles. The molecule has 6 heteroatoms. The van der Waals surface area contributed by atoms with Crippen LogP contribution >= 0.6 is 34.5 Å². The molecule has 0 bridgehead atoms. The highest BCUT2D eigenvalue weighted by atomic mass is 35.5. The zero-order valence-electron chi connectivity index (χ0n) is 9.98. The van der Waals surface area contributed by atoms with Crippen molar-refractivity contribution < 1.29 is 4.79 Å². The molecule has 0 saturated carbocycles. The molecule has 0 unspecified atom stereocenters. The van der Waals surface area contributed by atoms with E-state index in [1.54, 1.807) is 29.7 Å². The highest BCUT2D eigenvalue weighted by molar-refractivity contribution is 7.13. The molecule has 0 spiro atoms. The highest BCUT2D eigenvalue weighted by Crippen LogP contribution is 2.20. The van der Waals surface area contributed by atoms with Crippen molar-refractivity contribution in [1.29, 1.82) is 0 Å². The molecule has 1 aromatic carbocycles.